The van der Waals surface area contributed by atoms with Crippen LogP contribution >= 0.6 is 22.9 Å². The zero-order valence-corrected chi connectivity index (χ0v) is 17.1. The van der Waals surface area contributed by atoms with Crippen molar-refractivity contribution in [3.05, 3.63) is 34.0 Å². The predicted octanol–water partition coefficient (Wildman–Crippen LogP) is 5.90. The lowest BCUT2D eigenvalue weighted by Crippen LogP contribution is -2.20. The van der Waals surface area contributed by atoms with E-state index in [1.165, 1.54) is 24.2 Å². The third kappa shape index (κ3) is 6.40. The normalized spacial score (nSPS) is 26.0. The van der Waals surface area contributed by atoms with E-state index in [2.05, 4.69) is 19.1 Å². The van der Waals surface area contributed by atoms with Gasteiger partial charge in [0.25, 0.3) is 0 Å². The fourth-order valence-corrected chi connectivity index (χ4v) is 5.30. The molecule has 1 aliphatic rings. The summed E-state index contributed by atoms with van der Waals surface area (Å²) in [6.07, 6.45) is 13.4. The molecule has 1 heterocycles. The molecule has 0 aliphatic heterocycles. The summed E-state index contributed by atoms with van der Waals surface area (Å²) in [6, 6.07) is 3.59. The van der Waals surface area contributed by atoms with Crippen LogP contribution in [0.15, 0.2) is 24.3 Å². The van der Waals surface area contributed by atoms with Crippen molar-refractivity contribution in [1.29, 1.82) is 0 Å². The van der Waals surface area contributed by atoms with Gasteiger partial charge in [0.1, 0.15) is 4.88 Å². The fourth-order valence-electron chi connectivity index (χ4n) is 3.92. The number of thiophene rings is 1. The van der Waals surface area contributed by atoms with Gasteiger partial charge in [-0.2, -0.15) is 0 Å². The molecule has 4 atom stereocenters. The predicted molar refractivity (Wildman–Crippen MR) is 109 cm³/mol. The molecule has 0 radical (unpaired) electrons. The van der Waals surface area contributed by atoms with Crippen molar-refractivity contribution >= 4 is 28.9 Å². The quantitative estimate of drug-likeness (QED) is 0.277. The van der Waals surface area contributed by atoms with Gasteiger partial charge in [-0.15, -0.1) is 22.9 Å². The summed E-state index contributed by atoms with van der Waals surface area (Å²) in [5.74, 6) is -0.214. The molecular formula is C21H31ClO3S. The Morgan fingerprint density at radius 1 is 1.23 bits per heavy atom. The van der Waals surface area contributed by atoms with E-state index in [1.807, 2.05) is 6.07 Å². The highest BCUT2D eigenvalue weighted by Gasteiger charge is 2.40. The lowest BCUT2D eigenvalue weighted by molar-refractivity contribution is 0.0702. The molecule has 1 aromatic rings. The Morgan fingerprint density at radius 3 is 2.69 bits per heavy atom. The van der Waals surface area contributed by atoms with E-state index < -0.39 is 5.97 Å². The molecule has 0 aromatic carbocycles. The van der Waals surface area contributed by atoms with E-state index in [9.17, 15) is 9.90 Å². The monoisotopic (exact) mass is 398 g/mol. The second kappa shape index (κ2) is 11.1. The number of aliphatic hydroxyl groups is 1. The van der Waals surface area contributed by atoms with Gasteiger partial charge in [0.2, 0.25) is 0 Å². The first kappa shape index (κ1) is 21.5. The van der Waals surface area contributed by atoms with Crippen molar-refractivity contribution in [3.63, 3.8) is 0 Å². The molecule has 146 valence electrons. The van der Waals surface area contributed by atoms with Crippen molar-refractivity contribution in [2.75, 3.05) is 0 Å². The van der Waals surface area contributed by atoms with Gasteiger partial charge in [0, 0.05) is 10.3 Å². The number of alkyl halides is 1. The van der Waals surface area contributed by atoms with E-state index in [0.717, 1.165) is 43.4 Å². The second-order valence-electron chi connectivity index (χ2n) is 7.30. The molecule has 3 nitrogen and oxygen atoms in total. The Hall–Kier alpha value is -0.840. The first-order valence-corrected chi connectivity index (χ1v) is 11.1. The maximum atomic E-state index is 11.0. The van der Waals surface area contributed by atoms with E-state index in [1.54, 1.807) is 6.07 Å². The number of allylic oxidation sites excluding steroid dienone is 2. The lowest BCUT2D eigenvalue weighted by Gasteiger charge is -2.23. The molecule has 5 heteroatoms. The number of rotatable bonds is 11. The van der Waals surface area contributed by atoms with E-state index >= 15 is 0 Å². The SMILES string of the molecule is CCCC/C=C/CC[C@@H]1[C@@H](CCCc2ccc(C(=O)O)s2)[C@H](Cl)C[C@H]1O. The summed E-state index contributed by atoms with van der Waals surface area (Å²) in [5, 5.41) is 19.4. The maximum absolute atomic E-state index is 11.0. The summed E-state index contributed by atoms with van der Waals surface area (Å²) < 4.78 is 0. The van der Waals surface area contributed by atoms with Gasteiger partial charge < -0.3 is 10.2 Å². The zero-order chi connectivity index (χ0) is 18.9. The highest BCUT2D eigenvalue weighted by Crippen LogP contribution is 2.41. The average molecular weight is 399 g/mol. The standard InChI is InChI=1S/C21H31ClO3S/c1-2-3-4-5-6-7-10-17-16(18(22)14-19(17)23)11-8-9-15-12-13-20(26-15)21(24)25/h5-6,12-13,16-19,23H,2-4,7-11,14H2,1H3,(H,24,25)/b6-5+/t16-,17-,18-,19-/m1/s1. The number of aromatic carboxylic acids is 1. The number of aliphatic hydroxyl groups excluding tert-OH is 1. The Kier molecular flexibility index (Phi) is 9.17. The third-order valence-corrected chi connectivity index (χ3v) is 7.00. The molecule has 1 fully saturated rings. The van der Waals surface area contributed by atoms with Gasteiger partial charge >= 0.3 is 5.97 Å². The number of hydrogen-bond donors (Lipinski definition) is 2. The van der Waals surface area contributed by atoms with Crippen LogP contribution in [-0.4, -0.2) is 27.7 Å². The molecule has 0 unspecified atom stereocenters. The van der Waals surface area contributed by atoms with Gasteiger partial charge in [0.05, 0.1) is 6.10 Å². The third-order valence-electron chi connectivity index (χ3n) is 5.37. The average Bonchev–Trinajstić information content (AvgIpc) is 3.17. The van der Waals surface area contributed by atoms with Gasteiger partial charge in [-0.3, -0.25) is 0 Å². The first-order chi connectivity index (χ1) is 12.5. The molecule has 0 amide bonds. The number of unbranched alkanes of at least 4 members (excludes halogenated alkanes) is 2. The Morgan fingerprint density at radius 2 is 2.00 bits per heavy atom. The smallest absolute Gasteiger partial charge is 0.345 e. The molecule has 2 rings (SSSR count). The van der Waals surface area contributed by atoms with Crippen molar-refractivity contribution in [2.24, 2.45) is 11.8 Å². The summed E-state index contributed by atoms with van der Waals surface area (Å²) in [4.78, 5) is 12.5. The molecular weight excluding hydrogens is 368 g/mol. The Labute approximate surface area is 166 Å². The van der Waals surface area contributed by atoms with E-state index in [-0.39, 0.29) is 17.4 Å². The van der Waals surface area contributed by atoms with Crippen LogP contribution in [0.2, 0.25) is 0 Å². The summed E-state index contributed by atoms with van der Waals surface area (Å²) in [7, 11) is 0. The summed E-state index contributed by atoms with van der Waals surface area (Å²) in [5.41, 5.74) is 0. The molecule has 26 heavy (non-hydrogen) atoms. The molecule has 0 saturated heterocycles. The molecule has 0 spiro atoms. The van der Waals surface area contributed by atoms with Crippen LogP contribution in [0, 0.1) is 11.8 Å². The number of aryl methyl sites for hydroxylation is 1. The van der Waals surface area contributed by atoms with Gasteiger partial charge in [0.15, 0.2) is 0 Å². The van der Waals surface area contributed by atoms with Crippen LogP contribution in [0.25, 0.3) is 0 Å². The number of halogens is 1. The van der Waals surface area contributed by atoms with Crippen molar-refractivity contribution in [2.45, 2.75) is 76.2 Å². The minimum Gasteiger partial charge on any atom is -0.477 e. The minimum absolute atomic E-state index is 0.0528. The van der Waals surface area contributed by atoms with Crippen LogP contribution in [0.1, 0.15) is 72.8 Å². The number of carboxylic acid groups (broad SMARTS) is 1. The first-order valence-electron chi connectivity index (χ1n) is 9.82. The largest absolute Gasteiger partial charge is 0.477 e. The zero-order valence-electron chi connectivity index (χ0n) is 15.6. The van der Waals surface area contributed by atoms with Crippen molar-refractivity contribution in [3.8, 4) is 0 Å². The molecule has 2 N–H and O–H groups in total. The van der Waals surface area contributed by atoms with Crippen LogP contribution in [0.4, 0.5) is 0 Å². The summed E-state index contributed by atoms with van der Waals surface area (Å²) in [6.45, 7) is 2.20. The van der Waals surface area contributed by atoms with Crippen LogP contribution in [0.3, 0.4) is 0 Å². The molecule has 1 aliphatic carbocycles. The lowest BCUT2D eigenvalue weighted by atomic mass is 9.86. The second-order valence-corrected chi connectivity index (χ2v) is 9.03. The summed E-state index contributed by atoms with van der Waals surface area (Å²) >= 11 is 7.88. The van der Waals surface area contributed by atoms with Crippen molar-refractivity contribution < 1.29 is 15.0 Å². The van der Waals surface area contributed by atoms with Gasteiger partial charge in [-0.05, 0) is 68.9 Å². The van der Waals surface area contributed by atoms with Gasteiger partial charge in [-0.1, -0.05) is 31.9 Å². The number of carboxylic acids is 1. The van der Waals surface area contributed by atoms with E-state index in [0.29, 0.717) is 17.2 Å². The van der Waals surface area contributed by atoms with Crippen LogP contribution < -0.4 is 0 Å². The Bertz CT molecular complexity index is 584. The topological polar surface area (TPSA) is 57.5 Å². The molecule has 0 bridgehead atoms. The van der Waals surface area contributed by atoms with Gasteiger partial charge in [-0.25, -0.2) is 4.79 Å². The number of carbonyl (C=O) groups is 1. The van der Waals surface area contributed by atoms with Crippen molar-refractivity contribution in [1.82, 2.24) is 0 Å². The fraction of sp³-hybridized carbons (Fsp3) is 0.667. The van der Waals surface area contributed by atoms with E-state index in [4.69, 9.17) is 16.7 Å². The minimum atomic E-state index is -0.854. The highest BCUT2D eigenvalue weighted by atomic mass is 35.5. The van der Waals surface area contributed by atoms with Crippen LogP contribution in [0.5, 0.6) is 0 Å². The maximum Gasteiger partial charge on any atom is 0.345 e. The number of hydrogen-bond acceptors (Lipinski definition) is 3. The molecule has 1 saturated carbocycles. The highest BCUT2D eigenvalue weighted by molar-refractivity contribution is 7.13. The van der Waals surface area contributed by atoms with Crippen LogP contribution in [-0.2, 0) is 6.42 Å². The molecule has 1 aromatic heterocycles. The Balaban J connectivity index is 1.78.